The quantitative estimate of drug-likeness (QED) is 0.278. The van der Waals surface area contributed by atoms with E-state index in [2.05, 4.69) is 20.8 Å². The second-order valence-electron chi connectivity index (χ2n) is 10.1. The number of Topliss-reactive ketones (excluding diaryl/α,β-unsaturated/α-hetero) is 1. The summed E-state index contributed by atoms with van der Waals surface area (Å²) in [6, 6.07) is 16.7. The highest BCUT2D eigenvalue weighted by molar-refractivity contribution is 6.51. The molecule has 38 heavy (non-hydrogen) atoms. The van der Waals surface area contributed by atoms with Gasteiger partial charge in [0.1, 0.15) is 17.3 Å². The standard InChI is InChI=1S/C30H29NO7/c1-30(2,3)18-8-6-17(7-9-18)26-25(27(32)21-12-11-20(35-4)15-23(21)36-5)28(33)29(34)31(26)19-10-13-22-24(14-19)38-16-37-22/h6-15,26,32H,16H2,1-5H3/b27-25+. The van der Waals surface area contributed by atoms with Crippen LogP contribution in [0.25, 0.3) is 5.76 Å². The first kappa shape index (κ1) is 25.2. The van der Waals surface area contributed by atoms with Crippen LogP contribution in [0.15, 0.2) is 66.2 Å². The van der Waals surface area contributed by atoms with Gasteiger partial charge in [-0.25, -0.2) is 0 Å². The van der Waals surface area contributed by atoms with Gasteiger partial charge in [-0.1, -0.05) is 45.0 Å². The number of amides is 1. The molecule has 1 fully saturated rings. The van der Waals surface area contributed by atoms with Crippen molar-refractivity contribution in [2.75, 3.05) is 25.9 Å². The predicted octanol–water partition coefficient (Wildman–Crippen LogP) is 5.36. The first-order valence-electron chi connectivity index (χ1n) is 12.2. The van der Waals surface area contributed by atoms with E-state index in [-0.39, 0.29) is 29.1 Å². The molecule has 0 aliphatic carbocycles. The summed E-state index contributed by atoms with van der Waals surface area (Å²) >= 11 is 0. The minimum absolute atomic E-state index is 0.0420. The molecule has 0 spiro atoms. The van der Waals surface area contributed by atoms with Crippen molar-refractivity contribution in [2.45, 2.75) is 32.2 Å². The topological polar surface area (TPSA) is 94.5 Å². The van der Waals surface area contributed by atoms with Crippen molar-refractivity contribution in [1.82, 2.24) is 0 Å². The monoisotopic (exact) mass is 515 g/mol. The summed E-state index contributed by atoms with van der Waals surface area (Å²) in [5.41, 5.74) is 2.35. The van der Waals surface area contributed by atoms with Crippen molar-refractivity contribution in [3.63, 3.8) is 0 Å². The highest BCUT2D eigenvalue weighted by atomic mass is 16.7. The van der Waals surface area contributed by atoms with Gasteiger partial charge in [0.15, 0.2) is 11.5 Å². The first-order chi connectivity index (χ1) is 18.1. The molecule has 3 aromatic rings. The first-order valence-corrected chi connectivity index (χ1v) is 12.2. The van der Waals surface area contributed by atoms with Gasteiger partial charge in [-0.3, -0.25) is 14.5 Å². The minimum atomic E-state index is -0.892. The molecule has 196 valence electrons. The maximum Gasteiger partial charge on any atom is 0.300 e. The van der Waals surface area contributed by atoms with E-state index in [1.807, 2.05) is 24.3 Å². The maximum absolute atomic E-state index is 13.5. The summed E-state index contributed by atoms with van der Waals surface area (Å²) in [4.78, 5) is 28.5. The van der Waals surface area contributed by atoms with Crippen molar-refractivity contribution in [1.29, 1.82) is 0 Å². The van der Waals surface area contributed by atoms with Crippen LogP contribution in [0, 0.1) is 0 Å². The Bertz CT molecular complexity index is 1450. The zero-order valence-electron chi connectivity index (χ0n) is 21.9. The fourth-order valence-corrected chi connectivity index (χ4v) is 4.75. The van der Waals surface area contributed by atoms with Crippen LogP contribution >= 0.6 is 0 Å². The molecule has 3 aromatic carbocycles. The predicted molar refractivity (Wildman–Crippen MR) is 142 cm³/mol. The average Bonchev–Trinajstić information content (AvgIpc) is 3.49. The highest BCUT2D eigenvalue weighted by Crippen LogP contribution is 2.46. The Morgan fingerprint density at radius 2 is 1.63 bits per heavy atom. The van der Waals surface area contributed by atoms with Gasteiger partial charge in [-0.2, -0.15) is 0 Å². The second kappa shape index (κ2) is 9.45. The number of nitrogens with zero attached hydrogens (tertiary/aromatic N) is 1. The molecule has 2 aliphatic heterocycles. The summed E-state index contributed by atoms with van der Waals surface area (Å²) in [7, 11) is 2.98. The zero-order valence-corrected chi connectivity index (χ0v) is 21.9. The molecule has 0 bridgehead atoms. The smallest absolute Gasteiger partial charge is 0.300 e. The third-order valence-electron chi connectivity index (χ3n) is 6.84. The van der Waals surface area contributed by atoms with E-state index < -0.39 is 17.7 Å². The second-order valence-corrected chi connectivity index (χ2v) is 10.1. The summed E-state index contributed by atoms with van der Waals surface area (Å²) in [5, 5.41) is 11.5. The Hall–Kier alpha value is -4.46. The number of methoxy groups -OCH3 is 2. The number of ether oxygens (including phenoxy) is 4. The lowest BCUT2D eigenvalue weighted by Crippen LogP contribution is -2.29. The minimum Gasteiger partial charge on any atom is -0.507 e. The number of carbonyl (C=O) groups excluding carboxylic acids is 2. The maximum atomic E-state index is 13.5. The molecule has 0 aromatic heterocycles. The van der Waals surface area contributed by atoms with Crippen LogP contribution in [-0.4, -0.2) is 37.8 Å². The molecule has 1 amide bonds. The molecule has 8 heteroatoms. The number of aliphatic hydroxyl groups excluding tert-OH is 1. The molecule has 2 aliphatic rings. The molecule has 0 radical (unpaired) electrons. The fraction of sp³-hybridized carbons (Fsp3) is 0.267. The number of anilines is 1. The van der Waals surface area contributed by atoms with Crippen LogP contribution in [-0.2, 0) is 15.0 Å². The van der Waals surface area contributed by atoms with E-state index in [4.69, 9.17) is 18.9 Å². The molecular weight excluding hydrogens is 486 g/mol. The lowest BCUT2D eigenvalue weighted by Gasteiger charge is -2.27. The summed E-state index contributed by atoms with van der Waals surface area (Å²) < 4.78 is 21.7. The van der Waals surface area contributed by atoms with Gasteiger partial charge in [0.25, 0.3) is 11.7 Å². The number of ketones is 1. The van der Waals surface area contributed by atoms with Crippen LogP contribution < -0.4 is 23.8 Å². The largest absolute Gasteiger partial charge is 0.507 e. The van der Waals surface area contributed by atoms with Crippen LogP contribution in [0.4, 0.5) is 5.69 Å². The molecular formula is C30H29NO7. The molecule has 1 N–H and O–H groups in total. The zero-order chi connectivity index (χ0) is 27.2. The van der Waals surface area contributed by atoms with E-state index in [0.717, 1.165) is 5.56 Å². The average molecular weight is 516 g/mol. The van der Waals surface area contributed by atoms with Crippen LogP contribution in [0.3, 0.4) is 0 Å². The van der Waals surface area contributed by atoms with Crippen molar-refractivity contribution in [3.8, 4) is 23.0 Å². The third-order valence-corrected chi connectivity index (χ3v) is 6.84. The summed E-state index contributed by atoms with van der Waals surface area (Å²) in [5.74, 6) is -0.0457. The van der Waals surface area contributed by atoms with Crippen molar-refractivity contribution < 1.29 is 33.6 Å². The third kappa shape index (κ3) is 4.22. The van der Waals surface area contributed by atoms with E-state index in [1.165, 1.54) is 19.1 Å². The Kier molecular flexibility index (Phi) is 6.26. The SMILES string of the molecule is COc1ccc(/C(O)=C2\C(=O)C(=O)N(c3ccc4c(c3)OCO4)C2c2ccc(C(C)(C)C)cc2)c(OC)c1. The van der Waals surface area contributed by atoms with Gasteiger partial charge in [0.05, 0.1) is 31.4 Å². The van der Waals surface area contributed by atoms with Gasteiger partial charge >= 0.3 is 0 Å². The van der Waals surface area contributed by atoms with E-state index >= 15 is 0 Å². The molecule has 0 saturated carbocycles. The number of hydrogen-bond acceptors (Lipinski definition) is 7. The van der Waals surface area contributed by atoms with Gasteiger partial charge in [0.2, 0.25) is 6.79 Å². The molecule has 8 nitrogen and oxygen atoms in total. The lowest BCUT2D eigenvalue weighted by atomic mass is 9.85. The van der Waals surface area contributed by atoms with E-state index in [0.29, 0.717) is 34.2 Å². The Morgan fingerprint density at radius 3 is 2.29 bits per heavy atom. The number of benzene rings is 3. The van der Waals surface area contributed by atoms with E-state index in [1.54, 1.807) is 36.4 Å². The molecule has 1 atom stereocenters. The number of hydrogen-bond donors (Lipinski definition) is 1. The van der Waals surface area contributed by atoms with Crippen LogP contribution in [0.2, 0.25) is 0 Å². The highest BCUT2D eigenvalue weighted by Gasteiger charge is 2.47. The Balaban J connectivity index is 1.71. The van der Waals surface area contributed by atoms with Gasteiger partial charge in [-0.15, -0.1) is 0 Å². The van der Waals surface area contributed by atoms with Crippen LogP contribution in [0.1, 0.15) is 43.5 Å². The number of fused-ring (bicyclic) bond motifs is 1. The lowest BCUT2D eigenvalue weighted by molar-refractivity contribution is -0.132. The normalized spacial score (nSPS) is 18.1. The number of aliphatic hydroxyl groups is 1. The van der Waals surface area contributed by atoms with Crippen molar-refractivity contribution >= 4 is 23.1 Å². The molecule has 5 rings (SSSR count). The molecule has 2 heterocycles. The van der Waals surface area contributed by atoms with Gasteiger partial charge < -0.3 is 24.1 Å². The fourth-order valence-electron chi connectivity index (χ4n) is 4.75. The Morgan fingerprint density at radius 1 is 0.921 bits per heavy atom. The van der Waals surface area contributed by atoms with Gasteiger partial charge in [-0.05, 0) is 40.8 Å². The summed E-state index contributed by atoms with van der Waals surface area (Å²) in [6.45, 7) is 6.40. The molecule has 1 saturated heterocycles. The van der Waals surface area contributed by atoms with Gasteiger partial charge in [0, 0.05) is 17.8 Å². The Labute approximate surface area is 221 Å². The van der Waals surface area contributed by atoms with E-state index in [9.17, 15) is 14.7 Å². The van der Waals surface area contributed by atoms with Crippen molar-refractivity contribution in [2.24, 2.45) is 0 Å². The summed E-state index contributed by atoms with van der Waals surface area (Å²) in [6.07, 6.45) is 0. The van der Waals surface area contributed by atoms with Crippen molar-refractivity contribution in [3.05, 3.63) is 82.9 Å². The number of carbonyl (C=O) groups is 2. The van der Waals surface area contributed by atoms with Crippen LogP contribution in [0.5, 0.6) is 23.0 Å². The number of rotatable bonds is 5. The molecule has 1 unspecified atom stereocenters.